The van der Waals surface area contributed by atoms with Gasteiger partial charge in [0.2, 0.25) is 0 Å². The van der Waals surface area contributed by atoms with Gasteiger partial charge in [0.1, 0.15) is 11.5 Å². The Labute approximate surface area is 212 Å². The molecule has 1 aliphatic heterocycles. The molecule has 36 heavy (non-hydrogen) atoms. The number of ketones is 1. The molecule has 0 aliphatic carbocycles. The van der Waals surface area contributed by atoms with Crippen molar-refractivity contribution in [3.05, 3.63) is 101 Å². The molecule has 1 saturated heterocycles. The van der Waals surface area contributed by atoms with Crippen LogP contribution in [0.2, 0.25) is 0 Å². The average Bonchev–Trinajstić information content (AvgIpc) is 3.09. The highest BCUT2D eigenvalue weighted by Gasteiger charge is 2.46. The molecule has 2 aromatic carbocycles. The van der Waals surface area contributed by atoms with Gasteiger partial charge in [-0.3, -0.25) is 14.6 Å². The summed E-state index contributed by atoms with van der Waals surface area (Å²) in [4.78, 5) is 32.2. The van der Waals surface area contributed by atoms with Gasteiger partial charge < -0.3 is 14.7 Å². The summed E-state index contributed by atoms with van der Waals surface area (Å²) in [5.74, 6) is -0.898. The summed E-state index contributed by atoms with van der Waals surface area (Å²) >= 11 is 0. The summed E-state index contributed by atoms with van der Waals surface area (Å²) in [6, 6.07) is 17.7. The molecule has 1 amide bonds. The Morgan fingerprint density at radius 1 is 1.03 bits per heavy atom. The lowest BCUT2D eigenvalue weighted by Crippen LogP contribution is -2.29. The zero-order valence-electron chi connectivity index (χ0n) is 21.4. The van der Waals surface area contributed by atoms with E-state index in [1.54, 1.807) is 42.7 Å². The quantitative estimate of drug-likeness (QED) is 0.272. The second-order valence-corrected chi connectivity index (χ2v) is 10.4. The van der Waals surface area contributed by atoms with E-state index in [0.717, 1.165) is 16.7 Å². The summed E-state index contributed by atoms with van der Waals surface area (Å²) < 4.78 is 5.69. The number of carbonyl (C=O) groups excluding carboxylic acids is 2. The molecular weight excluding hydrogens is 452 g/mol. The number of pyridine rings is 1. The SMILES string of the molecule is CC(C)Oc1ccc(/C(O)=C2/C(=O)C(=O)N(Cc3cccnc3)C2c2ccc(C(C)(C)C)cc2)cc1. The van der Waals surface area contributed by atoms with Crippen molar-refractivity contribution in [1.29, 1.82) is 0 Å². The van der Waals surface area contributed by atoms with Crippen molar-refractivity contribution in [3.8, 4) is 5.75 Å². The van der Waals surface area contributed by atoms with Crippen molar-refractivity contribution in [3.63, 3.8) is 0 Å². The molecule has 2 heterocycles. The van der Waals surface area contributed by atoms with Crippen molar-refractivity contribution in [1.82, 2.24) is 9.88 Å². The number of ether oxygens (including phenoxy) is 1. The van der Waals surface area contributed by atoms with E-state index in [0.29, 0.717) is 11.3 Å². The number of Topliss-reactive ketones (excluding diaryl/α,β-unsaturated/α-hetero) is 1. The van der Waals surface area contributed by atoms with Gasteiger partial charge in [0.15, 0.2) is 0 Å². The molecule has 1 aliphatic rings. The number of aliphatic hydroxyl groups excluding tert-OH is 1. The summed E-state index contributed by atoms with van der Waals surface area (Å²) in [5, 5.41) is 11.3. The lowest BCUT2D eigenvalue weighted by molar-refractivity contribution is -0.140. The third kappa shape index (κ3) is 5.18. The van der Waals surface area contributed by atoms with Gasteiger partial charge in [-0.1, -0.05) is 51.1 Å². The van der Waals surface area contributed by atoms with Crippen LogP contribution in [0.3, 0.4) is 0 Å². The van der Waals surface area contributed by atoms with Gasteiger partial charge in [-0.2, -0.15) is 0 Å². The van der Waals surface area contributed by atoms with E-state index in [2.05, 4.69) is 25.8 Å². The predicted molar refractivity (Wildman–Crippen MR) is 139 cm³/mol. The molecule has 4 rings (SSSR count). The molecule has 6 nitrogen and oxygen atoms in total. The highest BCUT2D eigenvalue weighted by Crippen LogP contribution is 2.41. The first-order chi connectivity index (χ1) is 17.1. The number of nitrogens with zero attached hydrogens (tertiary/aromatic N) is 2. The van der Waals surface area contributed by atoms with E-state index in [9.17, 15) is 14.7 Å². The molecular formula is C30H32N2O4. The molecule has 1 N–H and O–H groups in total. The van der Waals surface area contributed by atoms with Crippen LogP contribution < -0.4 is 4.74 Å². The van der Waals surface area contributed by atoms with Gasteiger partial charge in [-0.05, 0) is 66.3 Å². The Morgan fingerprint density at radius 2 is 1.69 bits per heavy atom. The molecule has 0 saturated carbocycles. The van der Waals surface area contributed by atoms with Crippen molar-refractivity contribution >= 4 is 17.4 Å². The van der Waals surface area contributed by atoms with Gasteiger partial charge >= 0.3 is 0 Å². The lowest BCUT2D eigenvalue weighted by atomic mass is 9.85. The number of hydrogen-bond acceptors (Lipinski definition) is 5. The fourth-order valence-corrected chi connectivity index (χ4v) is 4.36. The number of likely N-dealkylation sites (tertiary alicyclic amines) is 1. The molecule has 6 heteroatoms. The van der Waals surface area contributed by atoms with Gasteiger partial charge in [0.05, 0.1) is 17.7 Å². The summed E-state index contributed by atoms with van der Waals surface area (Å²) in [6.45, 7) is 10.4. The van der Waals surface area contributed by atoms with E-state index < -0.39 is 17.7 Å². The second kappa shape index (κ2) is 9.97. The maximum Gasteiger partial charge on any atom is 0.295 e. The van der Waals surface area contributed by atoms with Crippen molar-refractivity contribution < 1.29 is 19.4 Å². The zero-order chi connectivity index (χ0) is 26.0. The number of rotatable bonds is 6. The van der Waals surface area contributed by atoms with Crippen LogP contribution in [0.1, 0.15) is 62.9 Å². The van der Waals surface area contributed by atoms with Gasteiger partial charge in [-0.25, -0.2) is 0 Å². The van der Waals surface area contributed by atoms with Crippen molar-refractivity contribution in [2.24, 2.45) is 0 Å². The maximum absolute atomic E-state index is 13.3. The first-order valence-electron chi connectivity index (χ1n) is 12.1. The summed E-state index contributed by atoms with van der Waals surface area (Å²) in [6.07, 6.45) is 3.35. The predicted octanol–water partition coefficient (Wildman–Crippen LogP) is 5.79. The van der Waals surface area contributed by atoms with E-state index in [-0.39, 0.29) is 29.4 Å². The normalized spacial score (nSPS) is 17.6. The number of benzene rings is 2. The van der Waals surface area contributed by atoms with Gasteiger partial charge in [-0.15, -0.1) is 0 Å². The fourth-order valence-electron chi connectivity index (χ4n) is 4.36. The average molecular weight is 485 g/mol. The fraction of sp³-hybridized carbons (Fsp3) is 0.300. The van der Waals surface area contributed by atoms with Crippen LogP contribution in [0.15, 0.2) is 78.6 Å². The molecule has 0 radical (unpaired) electrons. The lowest BCUT2D eigenvalue weighted by Gasteiger charge is -2.26. The maximum atomic E-state index is 13.3. The number of carbonyl (C=O) groups is 2. The standard InChI is InChI=1S/C30H32N2O4/c1-19(2)36-24-14-10-22(11-15-24)27(33)25-26(21-8-12-23(13-9-21)30(3,4)5)32(29(35)28(25)34)18-20-7-6-16-31-17-20/h6-17,19,26,33H,18H2,1-5H3/b27-25-. The van der Waals surface area contributed by atoms with Gasteiger partial charge in [0.25, 0.3) is 11.7 Å². The minimum Gasteiger partial charge on any atom is -0.507 e. The first kappa shape index (κ1) is 25.2. The Bertz CT molecular complexity index is 1270. The number of aliphatic hydroxyl groups is 1. The number of amides is 1. The van der Waals surface area contributed by atoms with Crippen molar-refractivity contribution in [2.75, 3.05) is 0 Å². The third-order valence-corrected chi connectivity index (χ3v) is 6.21. The molecule has 1 unspecified atom stereocenters. The highest BCUT2D eigenvalue weighted by molar-refractivity contribution is 6.46. The largest absolute Gasteiger partial charge is 0.507 e. The molecule has 1 fully saturated rings. The molecule has 0 bridgehead atoms. The molecule has 0 spiro atoms. The first-order valence-corrected chi connectivity index (χ1v) is 12.1. The van der Waals surface area contributed by atoms with Crippen LogP contribution in [-0.2, 0) is 21.5 Å². The Hall–Kier alpha value is -3.93. The molecule has 186 valence electrons. The van der Waals surface area contributed by atoms with E-state index in [4.69, 9.17) is 4.74 Å². The monoisotopic (exact) mass is 484 g/mol. The third-order valence-electron chi connectivity index (χ3n) is 6.21. The zero-order valence-corrected chi connectivity index (χ0v) is 21.4. The van der Waals surface area contributed by atoms with E-state index in [1.807, 2.05) is 44.2 Å². The minimum absolute atomic E-state index is 0.0123. The molecule has 3 aromatic rings. The van der Waals surface area contributed by atoms with Crippen LogP contribution in [0.5, 0.6) is 5.75 Å². The van der Waals surface area contributed by atoms with E-state index >= 15 is 0 Å². The number of hydrogen-bond donors (Lipinski definition) is 1. The molecule has 1 atom stereocenters. The van der Waals surface area contributed by atoms with Gasteiger partial charge in [0, 0.05) is 24.5 Å². The van der Waals surface area contributed by atoms with Crippen LogP contribution in [0.4, 0.5) is 0 Å². The smallest absolute Gasteiger partial charge is 0.295 e. The highest BCUT2D eigenvalue weighted by atomic mass is 16.5. The van der Waals surface area contributed by atoms with Crippen LogP contribution in [0.25, 0.3) is 5.76 Å². The van der Waals surface area contributed by atoms with Crippen molar-refractivity contribution in [2.45, 2.75) is 58.7 Å². The van der Waals surface area contributed by atoms with Crippen LogP contribution in [-0.4, -0.2) is 32.8 Å². The number of aromatic nitrogens is 1. The Morgan fingerprint density at radius 3 is 2.25 bits per heavy atom. The summed E-state index contributed by atoms with van der Waals surface area (Å²) in [7, 11) is 0. The topological polar surface area (TPSA) is 79.7 Å². The second-order valence-electron chi connectivity index (χ2n) is 10.4. The Kier molecular flexibility index (Phi) is 6.97. The van der Waals surface area contributed by atoms with Crippen LogP contribution >= 0.6 is 0 Å². The molecule has 1 aromatic heterocycles. The van der Waals surface area contributed by atoms with E-state index in [1.165, 1.54) is 4.90 Å². The Balaban J connectivity index is 1.80. The van der Waals surface area contributed by atoms with Crippen LogP contribution in [0, 0.1) is 0 Å². The summed E-state index contributed by atoms with van der Waals surface area (Å²) in [5.41, 5.74) is 3.16. The minimum atomic E-state index is -0.731.